The lowest BCUT2D eigenvalue weighted by Gasteiger charge is -2.29. The predicted molar refractivity (Wildman–Crippen MR) is 119 cm³/mol. The highest BCUT2D eigenvalue weighted by atomic mass is 32.2. The Morgan fingerprint density at radius 2 is 1.90 bits per heavy atom. The second-order valence-electron chi connectivity index (χ2n) is 7.83. The number of halogens is 1. The fourth-order valence-corrected chi connectivity index (χ4v) is 5.42. The van der Waals surface area contributed by atoms with Crippen LogP contribution in [0, 0.1) is 5.82 Å². The molecule has 2 atom stereocenters. The molecule has 148 valence electrons. The Labute approximate surface area is 175 Å². The van der Waals surface area contributed by atoms with E-state index in [2.05, 4.69) is 45.5 Å². The van der Waals surface area contributed by atoms with Crippen molar-refractivity contribution in [3.8, 4) is 22.4 Å². The lowest BCUT2D eigenvalue weighted by atomic mass is 9.89. The highest BCUT2D eigenvalue weighted by Crippen LogP contribution is 2.42. The van der Waals surface area contributed by atoms with Crippen molar-refractivity contribution in [2.45, 2.75) is 24.1 Å². The number of rotatable bonds is 4. The van der Waals surface area contributed by atoms with Crippen LogP contribution in [0.1, 0.15) is 18.4 Å². The van der Waals surface area contributed by atoms with E-state index in [4.69, 9.17) is 0 Å². The Morgan fingerprint density at radius 3 is 2.66 bits per heavy atom. The smallest absolute Gasteiger partial charge is 0.123 e. The van der Waals surface area contributed by atoms with Crippen LogP contribution in [0.5, 0.6) is 0 Å². The molecule has 4 heterocycles. The Kier molecular flexibility index (Phi) is 5.02. The van der Waals surface area contributed by atoms with Crippen LogP contribution < -0.4 is 0 Å². The maximum Gasteiger partial charge on any atom is 0.123 e. The van der Waals surface area contributed by atoms with Crippen molar-refractivity contribution in [1.82, 2.24) is 14.9 Å². The standard InChI is InChI=1S/C24H24FN3S/c1-29-21-13-20-12-18(8-11-28(20)15-21)22-14-27-24(17-2-4-19(25)5-3-17)23(22)16-6-9-26-10-7-16/h2-10,14,20-21,27H,11-13,15H2,1H3/t20-,21-/m0/s1. The molecule has 1 N–H and O–H groups in total. The van der Waals surface area contributed by atoms with Gasteiger partial charge in [0.1, 0.15) is 5.82 Å². The summed E-state index contributed by atoms with van der Waals surface area (Å²) >= 11 is 1.99. The fraction of sp³-hybridized carbons (Fsp3) is 0.292. The normalized spacial score (nSPS) is 21.8. The number of thioether (sulfide) groups is 1. The Hall–Kier alpha value is -2.37. The second kappa shape index (κ2) is 7.81. The van der Waals surface area contributed by atoms with Crippen LogP contribution in [-0.4, -0.2) is 45.5 Å². The van der Waals surface area contributed by atoms with E-state index in [1.165, 1.54) is 41.8 Å². The van der Waals surface area contributed by atoms with Gasteiger partial charge in [0.2, 0.25) is 0 Å². The van der Waals surface area contributed by atoms with E-state index in [0.29, 0.717) is 6.04 Å². The van der Waals surface area contributed by atoms with Crippen molar-refractivity contribution in [1.29, 1.82) is 0 Å². The minimum atomic E-state index is -0.217. The van der Waals surface area contributed by atoms with E-state index in [0.717, 1.165) is 35.0 Å². The number of benzene rings is 1. The molecule has 2 aliphatic rings. The van der Waals surface area contributed by atoms with Crippen LogP contribution in [-0.2, 0) is 0 Å². The highest BCUT2D eigenvalue weighted by Gasteiger charge is 2.34. The quantitative estimate of drug-likeness (QED) is 0.624. The van der Waals surface area contributed by atoms with Gasteiger partial charge in [-0.25, -0.2) is 4.39 Å². The first-order valence-corrected chi connectivity index (χ1v) is 11.4. The van der Waals surface area contributed by atoms with Crippen LogP contribution in [0.4, 0.5) is 4.39 Å². The molecule has 3 nitrogen and oxygen atoms in total. The Morgan fingerprint density at radius 1 is 1.10 bits per heavy atom. The van der Waals surface area contributed by atoms with Crippen molar-refractivity contribution >= 4 is 17.3 Å². The number of nitrogens with zero attached hydrogens (tertiary/aromatic N) is 2. The molecule has 1 aromatic carbocycles. The molecule has 0 radical (unpaired) electrons. The summed E-state index contributed by atoms with van der Waals surface area (Å²) in [6.45, 7) is 2.21. The van der Waals surface area contributed by atoms with Crippen molar-refractivity contribution < 1.29 is 4.39 Å². The summed E-state index contributed by atoms with van der Waals surface area (Å²) in [5.41, 5.74) is 6.99. The number of pyridine rings is 1. The molecule has 0 bridgehead atoms. The summed E-state index contributed by atoms with van der Waals surface area (Å²) in [5.74, 6) is -0.217. The molecular weight excluding hydrogens is 381 g/mol. The van der Waals surface area contributed by atoms with Crippen LogP contribution in [0.2, 0.25) is 0 Å². The molecule has 0 unspecified atom stereocenters. The monoisotopic (exact) mass is 405 g/mol. The minimum Gasteiger partial charge on any atom is -0.360 e. The summed E-state index contributed by atoms with van der Waals surface area (Å²) in [6.07, 6.45) is 12.7. The van der Waals surface area contributed by atoms with Crippen LogP contribution in [0.25, 0.3) is 28.0 Å². The van der Waals surface area contributed by atoms with Gasteiger partial charge in [-0.2, -0.15) is 11.8 Å². The summed E-state index contributed by atoms with van der Waals surface area (Å²) < 4.78 is 13.5. The molecule has 2 aliphatic heterocycles. The number of fused-ring (bicyclic) bond motifs is 1. The number of nitrogens with one attached hydrogen (secondary N) is 1. The van der Waals surface area contributed by atoms with Gasteiger partial charge in [0, 0.05) is 54.1 Å². The summed E-state index contributed by atoms with van der Waals surface area (Å²) in [7, 11) is 0. The second-order valence-corrected chi connectivity index (χ2v) is 8.97. The van der Waals surface area contributed by atoms with Gasteiger partial charge < -0.3 is 4.98 Å². The summed E-state index contributed by atoms with van der Waals surface area (Å²) in [6, 6.07) is 11.4. The Balaban J connectivity index is 1.56. The third-order valence-electron chi connectivity index (χ3n) is 6.18. The van der Waals surface area contributed by atoms with Crippen molar-refractivity contribution in [2.75, 3.05) is 19.3 Å². The third kappa shape index (κ3) is 3.53. The summed E-state index contributed by atoms with van der Waals surface area (Å²) in [4.78, 5) is 10.3. The summed E-state index contributed by atoms with van der Waals surface area (Å²) in [5, 5.41) is 0.744. The lowest BCUT2D eigenvalue weighted by Crippen LogP contribution is -2.33. The van der Waals surface area contributed by atoms with Gasteiger partial charge in [-0.1, -0.05) is 6.08 Å². The van der Waals surface area contributed by atoms with Crippen molar-refractivity contribution in [3.05, 3.63) is 72.4 Å². The molecule has 1 fully saturated rings. The van der Waals surface area contributed by atoms with Gasteiger partial charge in [-0.15, -0.1) is 0 Å². The topological polar surface area (TPSA) is 31.9 Å². The first kappa shape index (κ1) is 18.6. The van der Waals surface area contributed by atoms with Gasteiger partial charge in [0.05, 0.1) is 5.69 Å². The van der Waals surface area contributed by atoms with Gasteiger partial charge in [0.25, 0.3) is 0 Å². The first-order valence-electron chi connectivity index (χ1n) is 10.1. The number of aromatic amines is 1. The van der Waals surface area contributed by atoms with Gasteiger partial charge >= 0.3 is 0 Å². The molecule has 2 aromatic heterocycles. The van der Waals surface area contributed by atoms with Gasteiger partial charge in [-0.05, 0) is 72.2 Å². The van der Waals surface area contributed by atoms with Gasteiger partial charge in [0.15, 0.2) is 0 Å². The molecule has 5 rings (SSSR count). The largest absolute Gasteiger partial charge is 0.360 e. The van der Waals surface area contributed by atoms with Crippen LogP contribution in [0.15, 0.2) is 61.1 Å². The first-order chi connectivity index (χ1) is 14.2. The zero-order valence-electron chi connectivity index (χ0n) is 16.4. The zero-order chi connectivity index (χ0) is 19.8. The maximum atomic E-state index is 13.5. The van der Waals surface area contributed by atoms with E-state index >= 15 is 0 Å². The molecule has 0 amide bonds. The molecule has 3 aromatic rings. The third-order valence-corrected chi connectivity index (χ3v) is 7.19. The van der Waals surface area contributed by atoms with E-state index in [1.54, 1.807) is 0 Å². The molecule has 0 saturated carbocycles. The molecule has 29 heavy (non-hydrogen) atoms. The van der Waals surface area contributed by atoms with Crippen LogP contribution >= 0.6 is 11.8 Å². The molecule has 0 spiro atoms. The molecule has 0 aliphatic carbocycles. The highest BCUT2D eigenvalue weighted by molar-refractivity contribution is 7.99. The lowest BCUT2D eigenvalue weighted by molar-refractivity contribution is 0.275. The van der Waals surface area contributed by atoms with Crippen molar-refractivity contribution in [3.63, 3.8) is 0 Å². The van der Waals surface area contributed by atoms with Crippen molar-refractivity contribution in [2.24, 2.45) is 0 Å². The van der Waals surface area contributed by atoms with E-state index in [1.807, 2.05) is 36.3 Å². The minimum absolute atomic E-state index is 0.217. The Bertz CT molecular complexity index is 1030. The SMILES string of the molecule is CS[C@H]1C[C@@H]2CC(c3c[nH]c(-c4ccc(F)cc4)c3-c3ccncc3)=CCN2C1. The molecule has 1 saturated heterocycles. The maximum absolute atomic E-state index is 13.5. The average Bonchev–Trinajstić information content (AvgIpc) is 3.38. The fourth-order valence-electron chi connectivity index (χ4n) is 4.67. The van der Waals surface area contributed by atoms with E-state index in [9.17, 15) is 4.39 Å². The number of H-pyrrole nitrogens is 1. The zero-order valence-corrected chi connectivity index (χ0v) is 17.3. The van der Waals surface area contributed by atoms with Crippen LogP contribution in [0.3, 0.4) is 0 Å². The molecular formula is C24H24FN3S. The number of hydrogen-bond donors (Lipinski definition) is 1. The number of hydrogen-bond acceptors (Lipinski definition) is 3. The average molecular weight is 406 g/mol. The predicted octanol–water partition coefficient (Wildman–Crippen LogP) is 5.48. The molecule has 5 heteroatoms. The van der Waals surface area contributed by atoms with E-state index in [-0.39, 0.29) is 5.82 Å². The van der Waals surface area contributed by atoms with E-state index < -0.39 is 0 Å². The van der Waals surface area contributed by atoms with Gasteiger partial charge in [-0.3, -0.25) is 9.88 Å². The number of aromatic nitrogens is 2.